The first-order valence-electron chi connectivity index (χ1n) is 12.7. The molecule has 41 heavy (non-hydrogen) atoms. The summed E-state index contributed by atoms with van der Waals surface area (Å²) >= 11 is 0. The van der Waals surface area contributed by atoms with Crippen LogP contribution in [0.2, 0.25) is 0 Å². The van der Waals surface area contributed by atoms with Crippen LogP contribution in [0.1, 0.15) is 72.2 Å². The topological polar surface area (TPSA) is 95.9 Å². The SMILES string of the molecule is Cc1cccc(F)c1C1CCC(c2cc(-c3nnc(C(F)F)o3)nn(Cc3ncccc3OC(F)(F)F)c2=O)CC1. The van der Waals surface area contributed by atoms with Gasteiger partial charge in [0.1, 0.15) is 17.2 Å². The minimum Gasteiger partial charge on any atom is -0.413 e. The minimum atomic E-state index is -5.01. The maximum absolute atomic E-state index is 14.6. The number of hydrogen-bond donors (Lipinski definition) is 0. The van der Waals surface area contributed by atoms with Crippen LogP contribution in [0.25, 0.3) is 11.6 Å². The van der Waals surface area contributed by atoms with Gasteiger partial charge in [0.15, 0.2) is 5.75 Å². The van der Waals surface area contributed by atoms with Crippen LogP contribution in [-0.2, 0) is 6.54 Å². The van der Waals surface area contributed by atoms with Crippen LogP contribution in [-0.4, -0.2) is 31.3 Å². The van der Waals surface area contributed by atoms with Gasteiger partial charge in [-0.05, 0) is 79.8 Å². The molecule has 8 nitrogen and oxygen atoms in total. The Hall–Kier alpha value is -4.23. The maximum atomic E-state index is 14.6. The van der Waals surface area contributed by atoms with Crippen LogP contribution < -0.4 is 10.3 Å². The molecule has 0 bridgehead atoms. The van der Waals surface area contributed by atoms with E-state index in [0.717, 1.165) is 16.3 Å². The van der Waals surface area contributed by atoms with Crippen molar-refractivity contribution < 1.29 is 35.5 Å². The van der Waals surface area contributed by atoms with Crippen molar-refractivity contribution in [1.29, 1.82) is 0 Å². The highest BCUT2D eigenvalue weighted by Gasteiger charge is 2.33. The number of ether oxygens (including phenoxy) is 1. The lowest BCUT2D eigenvalue weighted by Crippen LogP contribution is -2.30. The molecule has 0 unspecified atom stereocenters. The molecule has 0 amide bonds. The first-order valence-corrected chi connectivity index (χ1v) is 12.7. The summed E-state index contributed by atoms with van der Waals surface area (Å²) in [4.78, 5) is 17.5. The molecule has 1 aliphatic carbocycles. The van der Waals surface area contributed by atoms with Crippen molar-refractivity contribution in [3.63, 3.8) is 0 Å². The van der Waals surface area contributed by atoms with Gasteiger partial charge >= 0.3 is 12.8 Å². The van der Waals surface area contributed by atoms with E-state index >= 15 is 0 Å². The molecule has 1 aliphatic rings. The van der Waals surface area contributed by atoms with Gasteiger partial charge in [0.25, 0.3) is 17.3 Å². The molecule has 3 heterocycles. The van der Waals surface area contributed by atoms with Crippen LogP contribution >= 0.6 is 0 Å². The predicted octanol–water partition coefficient (Wildman–Crippen LogP) is 6.46. The van der Waals surface area contributed by atoms with Crippen LogP contribution in [0.3, 0.4) is 0 Å². The zero-order valence-electron chi connectivity index (χ0n) is 21.5. The minimum absolute atomic E-state index is 0.0592. The van der Waals surface area contributed by atoms with Gasteiger partial charge in [0, 0.05) is 11.8 Å². The molecule has 0 atom stereocenters. The second kappa shape index (κ2) is 11.3. The highest BCUT2D eigenvalue weighted by Crippen LogP contribution is 2.42. The summed E-state index contributed by atoms with van der Waals surface area (Å²) in [7, 11) is 0. The van der Waals surface area contributed by atoms with Crippen molar-refractivity contribution in [3.05, 3.63) is 87.0 Å². The highest BCUT2D eigenvalue weighted by molar-refractivity contribution is 5.47. The summed E-state index contributed by atoms with van der Waals surface area (Å²) in [5, 5.41) is 11.0. The number of alkyl halides is 5. The molecule has 5 rings (SSSR count). The number of halogens is 6. The van der Waals surface area contributed by atoms with Gasteiger partial charge in [0.05, 0.1) is 6.54 Å². The number of hydrogen-bond acceptors (Lipinski definition) is 7. The van der Waals surface area contributed by atoms with Crippen LogP contribution in [0.15, 0.2) is 51.8 Å². The fraction of sp³-hybridized carbons (Fsp3) is 0.370. The molecule has 1 aromatic carbocycles. The van der Waals surface area contributed by atoms with Gasteiger partial charge in [0.2, 0.25) is 0 Å². The van der Waals surface area contributed by atoms with E-state index in [4.69, 9.17) is 4.42 Å². The second-order valence-electron chi connectivity index (χ2n) is 9.71. The van der Waals surface area contributed by atoms with Gasteiger partial charge in [-0.2, -0.15) is 13.9 Å². The fourth-order valence-electron chi connectivity index (χ4n) is 5.25. The van der Waals surface area contributed by atoms with E-state index in [2.05, 4.69) is 25.0 Å². The molecule has 14 heteroatoms. The third-order valence-corrected chi connectivity index (χ3v) is 7.07. The van der Waals surface area contributed by atoms with Gasteiger partial charge in [-0.25, -0.2) is 9.07 Å². The zero-order valence-corrected chi connectivity index (χ0v) is 21.5. The Morgan fingerprint density at radius 2 is 1.80 bits per heavy atom. The fourth-order valence-corrected chi connectivity index (χ4v) is 5.25. The van der Waals surface area contributed by atoms with Crippen LogP contribution in [0.4, 0.5) is 26.3 Å². The van der Waals surface area contributed by atoms with E-state index in [9.17, 15) is 31.1 Å². The lowest BCUT2D eigenvalue weighted by atomic mass is 9.75. The van der Waals surface area contributed by atoms with Gasteiger partial charge in [-0.3, -0.25) is 9.78 Å². The smallest absolute Gasteiger partial charge is 0.413 e. The summed E-state index contributed by atoms with van der Waals surface area (Å²) in [6, 6.07) is 8.55. The van der Waals surface area contributed by atoms with Crippen molar-refractivity contribution in [1.82, 2.24) is 25.0 Å². The summed E-state index contributed by atoms with van der Waals surface area (Å²) in [5.74, 6) is -2.65. The second-order valence-corrected chi connectivity index (χ2v) is 9.71. The number of nitrogens with zero attached hydrogens (tertiary/aromatic N) is 5. The van der Waals surface area contributed by atoms with Gasteiger partial charge < -0.3 is 9.15 Å². The molecule has 1 fully saturated rings. The normalized spacial score (nSPS) is 17.7. The lowest BCUT2D eigenvalue weighted by molar-refractivity contribution is -0.275. The molecule has 0 spiro atoms. The Labute approximate surface area is 229 Å². The van der Waals surface area contributed by atoms with E-state index in [1.54, 1.807) is 6.07 Å². The summed E-state index contributed by atoms with van der Waals surface area (Å²) in [5.41, 5.74) is 0.749. The van der Waals surface area contributed by atoms with Gasteiger partial charge in [-0.1, -0.05) is 12.1 Å². The molecule has 216 valence electrons. The van der Waals surface area contributed by atoms with Gasteiger partial charge in [-0.15, -0.1) is 23.4 Å². The number of rotatable bonds is 7. The maximum Gasteiger partial charge on any atom is 0.573 e. The van der Waals surface area contributed by atoms with Crippen molar-refractivity contribution in [2.45, 2.75) is 63.8 Å². The number of aromatic nitrogens is 5. The molecular weight excluding hydrogens is 556 g/mol. The van der Waals surface area contributed by atoms with E-state index in [1.807, 2.05) is 13.0 Å². The highest BCUT2D eigenvalue weighted by atomic mass is 19.4. The third kappa shape index (κ3) is 6.25. The first-order chi connectivity index (χ1) is 19.5. The molecule has 0 N–H and O–H groups in total. The standard InChI is InChI=1S/C27H23F6N5O3/c1-14-4-2-5-18(28)22(14)16-9-7-15(8-10-16)17-12-19(24-35-36-25(40-24)23(29)30)37-38(26(17)39)13-20-21(6-3-11-34-20)41-27(31,32)33/h2-6,11-12,15-16,23H,7-10,13H2,1H3. The molecule has 0 aliphatic heterocycles. The average molecular weight is 580 g/mol. The van der Waals surface area contributed by atoms with E-state index in [0.29, 0.717) is 31.2 Å². The van der Waals surface area contributed by atoms with Crippen LogP contribution in [0.5, 0.6) is 5.75 Å². The monoisotopic (exact) mass is 579 g/mol. The summed E-state index contributed by atoms with van der Waals surface area (Å²) in [6.45, 7) is 1.32. The summed E-state index contributed by atoms with van der Waals surface area (Å²) < 4.78 is 89.6. The number of benzene rings is 1. The molecule has 3 aromatic heterocycles. The number of aryl methyl sites for hydroxylation is 1. The quantitative estimate of drug-likeness (QED) is 0.232. The molecular formula is C27H23F6N5O3. The molecule has 0 saturated heterocycles. The van der Waals surface area contributed by atoms with Crippen molar-refractivity contribution in [2.24, 2.45) is 0 Å². The van der Waals surface area contributed by atoms with E-state index in [-0.39, 0.29) is 34.6 Å². The number of pyridine rings is 1. The Kier molecular flexibility index (Phi) is 7.82. The zero-order chi connectivity index (χ0) is 29.3. The first kappa shape index (κ1) is 28.3. The molecule has 0 radical (unpaired) electrons. The molecule has 4 aromatic rings. The van der Waals surface area contributed by atoms with E-state index < -0.39 is 42.4 Å². The van der Waals surface area contributed by atoms with Crippen molar-refractivity contribution >= 4 is 0 Å². The van der Waals surface area contributed by atoms with Crippen molar-refractivity contribution in [2.75, 3.05) is 0 Å². The third-order valence-electron chi connectivity index (χ3n) is 7.07. The predicted molar refractivity (Wildman–Crippen MR) is 132 cm³/mol. The Balaban J connectivity index is 1.51. The van der Waals surface area contributed by atoms with Crippen molar-refractivity contribution in [3.8, 4) is 17.3 Å². The average Bonchev–Trinajstić information content (AvgIpc) is 3.41. The Morgan fingerprint density at radius 1 is 1.07 bits per heavy atom. The van der Waals surface area contributed by atoms with Crippen LogP contribution in [0, 0.1) is 12.7 Å². The molecule has 1 saturated carbocycles. The Morgan fingerprint density at radius 3 is 2.46 bits per heavy atom. The largest absolute Gasteiger partial charge is 0.573 e. The Bertz CT molecular complexity index is 1570. The van der Waals surface area contributed by atoms with E-state index in [1.165, 1.54) is 24.4 Å². The lowest BCUT2D eigenvalue weighted by Gasteiger charge is -2.30. The summed E-state index contributed by atoms with van der Waals surface area (Å²) in [6.07, 6.45) is -4.69.